The molecule has 8 aromatic rings. The van der Waals surface area contributed by atoms with E-state index in [4.69, 9.17) is 0 Å². The van der Waals surface area contributed by atoms with E-state index in [1.807, 2.05) is 0 Å². The van der Waals surface area contributed by atoms with Crippen LogP contribution >= 0.6 is 0 Å². The standard InChI is InChI=1S/C42H30N2/c1-5-19-33(20-6-1)43(34-21-7-2-8-22-34)41-37-27-15-13-17-31(37)30-40-39(41)29-32-18-14-16-28-38(32)42(40)44(35-23-9-3-10-24-35)36-25-11-4-12-26-36/h1-30H. The molecule has 0 spiro atoms. The van der Waals surface area contributed by atoms with Gasteiger partial charge in [-0.1, -0.05) is 121 Å². The Bertz CT molecular complexity index is 1970. The van der Waals surface area contributed by atoms with Crippen molar-refractivity contribution in [2.45, 2.75) is 0 Å². The van der Waals surface area contributed by atoms with Crippen LogP contribution in [0.15, 0.2) is 182 Å². The molecule has 8 aromatic carbocycles. The minimum absolute atomic E-state index is 1.12. The Labute approximate surface area is 257 Å². The van der Waals surface area contributed by atoms with Crippen molar-refractivity contribution in [2.75, 3.05) is 9.80 Å². The predicted molar refractivity (Wildman–Crippen MR) is 188 cm³/mol. The van der Waals surface area contributed by atoms with Crippen LogP contribution in [0.4, 0.5) is 34.1 Å². The van der Waals surface area contributed by atoms with E-state index in [2.05, 4.69) is 192 Å². The Morgan fingerprint density at radius 2 is 0.523 bits per heavy atom. The SMILES string of the molecule is c1ccc(N(c2ccccc2)c2c3ccccc3cc3c(N(c4ccccc4)c4ccccc4)c4ccccc4cc23)cc1. The van der Waals surface area contributed by atoms with Crippen LogP contribution in [0.3, 0.4) is 0 Å². The first-order chi connectivity index (χ1) is 21.9. The molecule has 0 amide bonds. The highest BCUT2D eigenvalue weighted by molar-refractivity contribution is 6.23. The van der Waals surface area contributed by atoms with E-state index < -0.39 is 0 Å². The first-order valence-electron chi connectivity index (χ1n) is 15.0. The number of rotatable bonds is 6. The summed E-state index contributed by atoms with van der Waals surface area (Å²) in [7, 11) is 0. The summed E-state index contributed by atoms with van der Waals surface area (Å²) in [6, 6.07) is 65.1. The quantitative estimate of drug-likeness (QED) is 0.186. The van der Waals surface area contributed by atoms with Gasteiger partial charge in [0.25, 0.3) is 0 Å². The van der Waals surface area contributed by atoms with Gasteiger partial charge in [0.2, 0.25) is 0 Å². The normalized spacial score (nSPS) is 11.2. The van der Waals surface area contributed by atoms with Crippen molar-refractivity contribution in [1.29, 1.82) is 0 Å². The summed E-state index contributed by atoms with van der Waals surface area (Å²) in [6.45, 7) is 0. The average Bonchev–Trinajstić information content (AvgIpc) is 3.10. The van der Waals surface area contributed by atoms with Gasteiger partial charge in [-0.15, -0.1) is 0 Å². The van der Waals surface area contributed by atoms with Gasteiger partial charge in [0.15, 0.2) is 0 Å². The van der Waals surface area contributed by atoms with Gasteiger partial charge in [-0.2, -0.15) is 0 Å². The van der Waals surface area contributed by atoms with E-state index in [0.717, 1.165) is 22.7 Å². The van der Waals surface area contributed by atoms with Crippen LogP contribution < -0.4 is 9.80 Å². The van der Waals surface area contributed by atoms with Gasteiger partial charge in [-0.3, -0.25) is 0 Å². The summed E-state index contributed by atoms with van der Waals surface area (Å²) in [5, 5.41) is 7.21. The largest absolute Gasteiger partial charge is 0.309 e. The van der Waals surface area contributed by atoms with Crippen LogP contribution in [0.1, 0.15) is 0 Å². The minimum Gasteiger partial charge on any atom is -0.309 e. The van der Waals surface area contributed by atoms with E-state index in [-0.39, 0.29) is 0 Å². The second-order valence-corrected chi connectivity index (χ2v) is 11.0. The van der Waals surface area contributed by atoms with E-state index in [1.54, 1.807) is 0 Å². The van der Waals surface area contributed by atoms with Gasteiger partial charge in [-0.25, -0.2) is 0 Å². The van der Waals surface area contributed by atoms with Crippen LogP contribution in [-0.2, 0) is 0 Å². The number of hydrogen-bond donors (Lipinski definition) is 0. The predicted octanol–water partition coefficient (Wildman–Crippen LogP) is 12.1. The number of nitrogens with zero attached hydrogens (tertiary/aromatic N) is 2. The molecule has 0 saturated carbocycles. The van der Waals surface area contributed by atoms with Crippen molar-refractivity contribution < 1.29 is 0 Å². The fourth-order valence-electron chi connectivity index (χ4n) is 6.43. The Morgan fingerprint density at radius 3 is 0.841 bits per heavy atom. The monoisotopic (exact) mass is 562 g/mol. The lowest BCUT2D eigenvalue weighted by atomic mass is 9.93. The zero-order valence-corrected chi connectivity index (χ0v) is 24.2. The lowest BCUT2D eigenvalue weighted by Gasteiger charge is -2.32. The molecule has 0 atom stereocenters. The molecule has 0 radical (unpaired) electrons. The molecule has 0 aliphatic heterocycles. The van der Waals surface area contributed by atoms with E-state index >= 15 is 0 Å². The van der Waals surface area contributed by atoms with Crippen molar-refractivity contribution >= 4 is 66.4 Å². The highest BCUT2D eigenvalue weighted by atomic mass is 15.2. The van der Waals surface area contributed by atoms with Gasteiger partial charge in [0.1, 0.15) is 0 Å². The summed E-state index contributed by atoms with van der Waals surface area (Å²) in [5.41, 5.74) is 6.82. The van der Waals surface area contributed by atoms with Crippen molar-refractivity contribution in [2.24, 2.45) is 0 Å². The van der Waals surface area contributed by atoms with Gasteiger partial charge in [-0.05, 0) is 71.4 Å². The first-order valence-corrected chi connectivity index (χ1v) is 15.0. The molecule has 0 saturated heterocycles. The number of para-hydroxylation sites is 4. The Kier molecular flexibility index (Phi) is 6.51. The molecule has 0 N–H and O–H groups in total. The van der Waals surface area contributed by atoms with Crippen LogP contribution in [0.25, 0.3) is 32.3 Å². The molecular weight excluding hydrogens is 532 g/mol. The lowest BCUT2D eigenvalue weighted by Crippen LogP contribution is -2.13. The van der Waals surface area contributed by atoms with Gasteiger partial charge >= 0.3 is 0 Å². The molecule has 0 bridgehead atoms. The fraction of sp³-hybridized carbons (Fsp3) is 0. The third-order valence-electron chi connectivity index (χ3n) is 8.34. The second kappa shape index (κ2) is 11.1. The average molecular weight is 563 g/mol. The van der Waals surface area contributed by atoms with Crippen LogP contribution in [0, 0.1) is 0 Å². The molecule has 0 aliphatic carbocycles. The van der Waals surface area contributed by atoms with Crippen molar-refractivity contribution in [1.82, 2.24) is 0 Å². The summed E-state index contributed by atoms with van der Waals surface area (Å²) < 4.78 is 0. The topological polar surface area (TPSA) is 6.48 Å². The zero-order valence-electron chi connectivity index (χ0n) is 24.2. The van der Waals surface area contributed by atoms with Crippen molar-refractivity contribution in [3.05, 3.63) is 182 Å². The van der Waals surface area contributed by atoms with E-state index in [1.165, 1.54) is 43.7 Å². The number of benzene rings is 8. The molecule has 44 heavy (non-hydrogen) atoms. The van der Waals surface area contributed by atoms with Crippen LogP contribution in [-0.4, -0.2) is 0 Å². The zero-order chi connectivity index (χ0) is 29.3. The molecular formula is C42H30N2. The molecule has 2 nitrogen and oxygen atoms in total. The summed E-state index contributed by atoms with van der Waals surface area (Å²) in [6.07, 6.45) is 0. The van der Waals surface area contributed by atoms with Gasteiger partial charge in [0, 0.05) is 44.3 Å². The van der Waals surface area contributed by atoms with E-state index in [0.29, 0.717) is 0 Å². The van der Waals surface area contributed by atoms with Crippen molar-refractivity contribution in [3.8, 4) is 0 Å². The lowest BCUT2D eigenvalue weighted by molar-refractivity contribution is 1.30. The molecule has 0 aromatic heterocycles. The summed E-state index contributed by atoms with van der Waals surface area (Å²) >= 11 is 0. The Hall–Kier alpha value is -5.86. The fourth-order valence-corrected chi connectivity index (χ4v) is 6.43. The molecule has 0 unspecified atom stereocenters. The van der Waals surface area contributed by atoms with Crippen molar-refractivity contribution in [3.63, 3.8) is 0 Å². The maximum Gasteiger partial charge on any atom is 0.0619 e. The molecule has 208 valence electrons. The first kappa shape index (κ1) is 25.8. The number of fused-ring (bicyclic) bond motifs is 3. The van der Waals surface area contributed by atoms with Crippen LogP contribution in [0.5, 0.6) is 0 Å². The van der Waals surface area contributed by atoms with E-state index in [9.17, 15) is 0 Å². The number of anilines is 6. The Morgan fingerprint density at radius 1 is 0.250 bits per heavy atom. The molecule has 8 rings (SSSR count). The maximum atomic E-state index is 2.42. The highest BCUT2D eigenvalue weighted by Crippen LogP contribution is 2.50. The summed E-state index contributed by atoms with van der Waals surface area (Å²) in [4.78, 5) is 4.83. The molecule has 0 fully saturated rings. The third kappa shape index (κ3) is 4.45. The third-order valence-corrected chi connectivity index (χ3v) is 8.34. The second-order valence-electron chi connectivity index (χ2n) is 11.0. The summed E-state index contributed by atoms with van der Waals surface area (Å²) in [5.74, 6) is 0. The van der Waals surface area contributed by atoms with Gasteiger partial charge in [0.05, 0.1) is 11.4 Å². The molecule has 0 aliphatic rings. The molecule has 2 heteroatoms. The smallest absolute Gasteiger partial charge is 0.0619 e. The molecule has 0 heterocycles. The van der Waals surface area contributed by atoms with Gasteiger partial charge < -0.3 is 9.80 Å². The maximum absolute atomic E-state index is 2.42. The van der Waals surface area contributed by atoms with Crippen LogP contribution in [0.2, 0.25) is 0 Å². The highest BCUT2D eigenvalue weighted by Gasteiger charge is 2.24. The number of hydrogen-bond acceptors (Lipinski definition) is 2. The Balaban J connectivity index is 1.57. The minimum atomic E-state index is 1.12.